The van der Waals surface area contributed by atoms with Crippen LogP contribution in [-0.2, 0) is 0 Å². The first-order valence-electron chi connectivity index (χ1n) is 2.39. The van der Waals surface area contributed by atoms with Crippen molar-refractivity contribution < 1.29 is 13.2 Å². The quantitative estimate of drug-likeness (QED) is 0.478. The number of halogens is 3. The maximum Gasteiger partial charge on any atom is 0.426 e. The molecule has 0 atom stereocenters. The molecule has 0 aliphatic heterocycles. The Morgan fingerprint density at radius 2 is 1.90 bits per heavy atom. The summed E-state index contributed by atoms with van der Waals surface area (Å²) in [6, 6.07) is 0. The Hall–Kier alpha value is -0.580. The van der Waals surface area contributed by atoms with E-state index >= 15 is 0 Å². The summed E-state index contributed by atoms with van der Waals surface area (Å²) in [5.41, 5.74) is 5.02. The highest BCUT2D eigenvalue weighted by atomic mass is 32.1. The Labute approximate surface area is 61.7 Å². The van der Waals surface area contributed by atoms with Crippen molar-refractivity contribution in [3.05, 3.63) is 11.8 Å². The fourth-order valence-electron chi connectivity index (χ4n) is 0.289. The third kappa shape index (κ3) is 3.45. The summed E-state index contributed by atoms with van der Waals surface area (Å²) in [6.45, 7) is 1.35. The number of nitrogens with two attached hydrogens (primary N) is 1. The summed E-state index contributed by atoms with van der Waals surface area (Å²) in [4.78, 5) is -1.09. The molecule has 0 fully saturated rings. The SMILES string of the molecule is CC(N)=CC(=S)C(F)(F)F. The second-order valence-electron chi connectivity index (χ2n) is 1.75. The predicted octanol–water partition coefficient (Wildman–Crippen LogP) is 1.78. The monoisotopic (exact) mass is 169 g/mol. The highest BCUT2D eigenvalue weighted by Crippen LogP contribution is 2.18. The van der Waals surface area contributed by atoms with E-state index in [4.69, 9.17) is 5.73 Å². The number of hydrogen-bond donors (Lipinski definition) is 1. The van der Waals surface area contributed by atoms with E-state index in [1.54, 1.807) is 0 Å². The molecule has 2 N–H and O–H groups in total. The number of rotatable bonds is 1. The van der Waals surface area contributed by atoms with Gasteiger partial charge in [0, 0.05) is 5.70 Å². The van der Waals surface area contributed by atoms with E-state index in [2.05, 4.69) is 12.2 Å². The van der Waals surface area contributed by atoms with Crippen LogP contribution >= 0.6 is 12.2 Å². The summed E-state index contributed by atoms with van der Waals surface area (Å²) in [5, 5.41) is 0. The molecule has 0 aromatic heterocycles. The van der Waals surface area contributed by atoms with Crippen molar-refractivity contribution in [2.24, 2.45) is 5.73 Å². The molecule has 0 unspecified atom stereocenters. The Morgan fingerprint density at radius 1 is 1.50 bits per heavy atom. The minimum atomic E-state index is -4.43. The molecule has 0 spiro atoms. The van der Waals surface area contributed by atoms with Gasteiger partial charge < -0.3 is 5.73 Å². The van der Waals surface area contributed by atoms with Crippen molar-refractivity contribution in [1.29, 1.82) is 0 Å². The number of hydrogen-bond acceptors (Lipinski definition) is 2. The minimum Gasteiger partial charge on any atom is -0.402 e. The molecule has 0 rings (SSSR count). The lowest BCUT2D eigenvalue weighted by molar-refractivity contribution is -0.0553. The molecule has 0 amide bonds. The summed E-state index contributed by atoms with van der Waals surface area (Å²) < 4.78 is 34.7. The Balaban J connectivity index is 4.27. The van der Waals surface area contributed by atoms with Crippen LogP contribution in [0.1, 0.15) is 6.92 Å². The van der Waals surface area contributed by atoms with Crippen molar-refractivity contribution in [2.75, 3.05) is 0 Å². The van der Waals surface area contributed by atoms with Crippen LogP contribution in [-0.4, -0.2) is 11.0 Å². The standard InChI is InChI=1S/C5H6F3NS/c1-3(9)2-4(10)5(6,7)8/h2H,9H2,1H3. The predicted molar refractivity (Wildman–Crippen MR) is 36.6 cm³/mol. The molecular formula is C5H6F3NS. The van der Waals surface area contributed by atoms with Gasteiger partial charge in [-0.3, -0.25) is 0 Å². The van der Waals surface area contributed by atoms with Crippen LogP contribution in [0.2, 0.25) is 0 Å². The van der Waals surface area contributed by atoms with Crippen molar-refractivity contribution in [1.82, 2.24) is 0 Å². The third-order valence-corrected chi connectivity index (χ3v) is 0.987. The summed E-state index contributed by atoms with van der Waals surface area (Å²) in [5.74, 6) is 0. The molecule has 5 heteroatoms. The average molecular weight is 169 g/mol. The smallest absolute Gasteiger partial charge is 0.402 e. The van der Waals surface area contributed by atoms with Gasteiger partial charge in [0.05, 0.1) is 0 Å². The first kappa shape index (κ1) is 9.42. The molecular weight excluding hydrogens is 163 g/mol. The molecule has 0 aromatic carbocycles. The van der Waals surface area contributed by atoms with Gasteiger partial charge in [-0.1, -0.05) is 12.2 Å². The van der Waals surface area contributed by atoms with Crippen LogP contribution in [0.25, 0.3) is 0 Å². The van der Waals surface area contributed by atoms with Gasteiger partial charge in [-0.15, -0.1) is 0 Å². The summed E-state index contributed by atoms with van der Waals surface area (Å²) in [6.07, 6.45) is -3.72. The van der Waals surface area contributed by atoms with Gasteiger partial charge in [0.2, 0.25) is 0 Å². The first-order valence-corrected chi connectivity index (χ1v) is 2.80. The molecule has 0 aliphatic rings. The second-order valence-corrected chi connectivity index (χ2v) is 2.19. The number of thiocarbonyl (C=S) groups is 1. The van der Waals surface area contributed by atoms with Crippen molar-refractivity contribution in [3.8, 4) is 0 Å². The van der Waals surface area contributed by atoms with Crippen LogP contribution in [0.4, 0.5) is 13.2 Å². The van der Waals surface area contributed by atoms with E-state index in [0.29, 0.717) is 0 Å². The maximum absolute atomic E-state index is 11.6. The van der Waals surface area contributed by atoms with Gasteiger partial charge in [0.1, 0.15) is 4.86 Å². The van der Waals surface area contributed by atoms with E-state index in [0.717, 1.165) is 6.08 Å². The molecule has 0 bridgehead atoms. The molecule has 58 valence electrons. The van der Waals surface area contributed by atoms with Crippen molar-refractivity contribution in [2.45, 2.75) is 13.1 Å². The van der Waals surface area contributed by atoms with Crippen molar-refractivity contribution in [3.63, 3.8) is 0 Å². The van der Waals surface area contributed by atoms with Crippen molar-refractivity contribution >= 4 is 17.1 Å². The van der Waals surface area contributed by atoms with Crippen LogP contribution in [0.5, 0.6) is 0 Å². The van der Waals surface area contributed by atoms with Crippen LogP contribution < -0.4 is 5.73 Å². The van der Waals surface area contributed by atoms with Gasteiger partial charge in [-0.2, -0.15) is 13.2 Å². The fraction of sp³-hybridized carbons (Fsp3) is 0.400. The van der Waals surface area contributed by atoms with E-state index < -0.39 is 11.0 Å². The van der Waals surface area contributed by atoms with Crippen LogP contribution in [0.3, 0.4) is 0 Å². The minimum absolute atomic E-state index is 0.0577. The van der Waals surface area contributed by atoms with Gasteiger partial charge >= 0.3 is 6.18 Å². The molecule has 0 saturated heterocycles. The van der Waals surface area contributed by atoms with E-state index in [1.807, 2.05) is 0 Å². The molecule has 0 aromatic rings. The molecule has 0 saturated carbocycles. The Bertz CT molecular complexity index is 166. The summed E-state index contributed by atoms with van der Waals surface area (Å²) in [7, 11) is 0. The first-order chi connectivity index (χ1) is 4.34. The molecule has 1 nitrogen and oxygen atoms in total. The van der Waals surface area contributed by atoms with Gasteiger partial charge in [0.25, 0.3) is 0 Å². The largest absolute Gasteiger partial charge is 0.426 e. The number of alkyl halides is 3. The van der Waals surface area contributed by atoms with Gasteiger partial charge in [0.15, 0.2) is 0 Å². The highest BCUT2D eigenvalue weighted by Gasteiger charge is 2.32. The zero-order chi connectivity index (χ0) is 8.36. The number of allylic oxidation sites excluding steroid dienone is 2. The maximum atomic E-state index is 11.6. The molecule has 10 heavy (non-hydrogen) atoms. The normalized spacial score (nSPS) is 13.4. The zero-order valence-electron chi connectivity index (χ0n) is 5.20. The van der Waals surface area contributed by atoms with E-state index in [9.17, 15) is 13.2 Å². The lowest BCUT2D eigenvalue weighted by Crippen LogP contribution is -2.19. The van der Waals surface area contributed by atoms with Gasteiger partial charge in [-0.05, 0) is 13.0 Å². The highest BCUT2D eigenvalue weighted by molar-refractivity contribution is 7.80. The van der Waals surface area contributed by atoms with E-state index in [-0.39, 0.29) is 5.70 Å². The lowest BCUT2D eigenvalue weighted by atomic mass is 10.3. The van der Waals surface area contributed by atoms with E-state index in [1.165, 1.54) is 6.92 Å². The second kappa shape index (κ2) is 3.01. The van der Waals surface area contributed by atoms with Crippen LogP contribution in [0.15, 0.2) is 11.8 Å². The average Bonchev–Trinajstić information content (AvgIpc) is 1.60. The summed E-state index contributed by atoms with van der Waals surface area (Å²) >= 11 is 3.99. The molecule has 0 radical (unpaired) electrons. The lowest BCUT2D eigenvalue weighted by Gasteiger charge is -2.02. The fourth-order valence-corrected chi connectivity index (χ4v) is 0.475. The Kier molecular flexibility index (Phi) is 2.83. The van der Waals surface area contributed by atoms with Gasteiger partial charge in [-0.25, -0.2) is 0 Å². The topological polar surface area (TPSA) is 26.0 Å². The third-order valence-electron chi connectivity index (χ3n) is 0.638. The zero-order valence-corrected chi connectivity index (χ0v) is 6.01. The molecule has 0 aliphatic carbocycles. The van der Waals surface area contributed by atoms with Crippen LogP contribution in [0, 0.1) is 0 Å². The Morgan fingerprint density at radius 3 is 2.00 bits per heavy atom. The molecule has 0 heterocycles.